The van der Waals surface area contributed by atoms with Gasteiger partial charge < -0.3 is 30.2 Å². The van der Waals surface area contributed by atoms with E-state index in [1.165, 1.54) is 140 Å². The first-order valence-corrected chi connectivity index (χ1v) is 25.6. The van der Waals surface area contributed by atoms with Crippen LogP contribution in [0.15, 0.2) is 0 Å². The maximum atomic E-state index is 13.2. The van der Waals surface area contributed by atoms with Crippen molar-refractivity contribution in [2.24, 2.45) is 0 Å². The SMILES string of the molecule is CCCCCCCCCCCCCCCC(=O)NC(CSCC(COC(=O)NCCCCCCCCCC)OC(=O)NCCCCCCCCCC)C(=O)OC(C)(C)C. The molecule has 3 amide bonds. The standard InChI is InChI=1S/C48H93N3O7S/c1-7-10-13-16-19-22-23-24-25-26-27-30-33-36-44(52)51-43(45(53)58-48(4,5)6)41-59-40-42(57-47(55)50-38-35-32-29-21-18-15-12-9-3)39-56-46(54)49-37-34-31-28-20-17-14-11-8-2/h42-43H,7-41H2,1-6H3,(H,49,54)(H,50,55)(H,51,52). The van der Waals surface area contributed by atoms with Crippen molar-refractivity contribution in [2.75, 3.05) is 31.2 Å². The summed E-state index contributed by atoms with van der Waals surface area (Å²) < 4.78 is 16.9. The Balaban J connectivity index is 4.95. The van der Waals surface area contributed by atoms with Crippen molar-refractivity contribution >= 4 is 35.8 Å². The van der Waals surface area contributed by atoms with Gasteiger partial charge in [0.1, 0.15) is 24.4 Å². The normalized spacial score (nSPS) is 12.4. The van der Waals surface area contributed by atoms with Crippen LogP contribution in [0.2, 0.25) is 0 Å². The van der Waals surface area contributed by atoms with Gasteiger partial charge in [-0.25, -0.2) is 14.4 Å². The Morgan fingerprint density at radius 1 is 0.508 bits per heavy atom. The Hall–Kier alpha value is -2.17. The maximum absolute atomic E-state index is 13.2. The largest absolute Gasteiger partial charge is 0.458 e. The fourth-order valence-electron chi connectivity index (χ4n) is 6.86. The third-order valence-electron chi connectivity index (χ3n) is 10.4. The van der Waals surface area contributed by atoms with Crippen molar-refractivity contribution in [3.8, 4) is 0 Å². The van der Waals surface area contributed by atoms with Crippen molar-refractivity contribution < 1.29 is 33.4 Å². The van der Waals surface area contributed by atoms with Gasteiger partial charge >= 0.3 is 18.2 Å². The summed E-state index contributed by atoms with van der Waals surface area (Å²) in [6, 6.07) is -0.860. The molecular weight excluding hydrogens is 763 g/mol. The molecule has 0 aliphatic heterocycles. The van der Waals surface area contributed by atoms with Crippen LogP contribution in [0.5, 0.6) is 0 Å². The van der Waals surface area contributed by atoms with Crippen molar-refractivity contribution in [3.05, 3.63) is 0 Å². The van der Waals surface area contributed by atoms with Crippen molar-refractivity contribution in [1.29, 1.82) is 0 Å². The van der Waals surface area contributed by atoms with Gasteiger partial charge in [0.2, 0.25) is 5.91 Å². The van der Waals surface area contributed by atoms with Gasteiger partial charge in [0.25, 0.3) is 0 Å². The van der Waals surface area contributed by atoms with Crippen molar-refractivity contribution in [1.82, 2.24) is 16.0 Å². The molecular formula is C48H93N3O7S. The molecule has 0 spiro atoms. The molecule has 0 aromatic heterocycles. The molecule has 348 valence electrons. The fraction of sp³-hybridized carbons (Fsp3) is 0.917. The monoisotopic (exact) mass is 856 g/mol. The summed E-state index contributed by atoms with van der Waals surface area (Å²) in [5.41, 5.74) is -0.714. The number of thioether (sulfide) groups is 1. The molecule has 2 atom stereocenters. The number of hydrogen-bond donors (Lipinski definition) is 3. The lowest BCUT2D eigenvalue weighted by molar-refractivity contribution is -0.157. The van der Waals surface area contributed by atoms with Crippen molar-refractivity contribution in [2.45, 2.75) is 252 Å². The molecule has 0 aliphatic carbocycles. The van der Waals surface area contributed by atoms with E-state index in [4.69, 9.17) is 14.2 Å². The fourth-order valence-corrected chi connectivity index (χ4v) is 7.87. The molecule has 0 bridgehead atoms. The zero-order valence-electron chi connectivity index (χ0n) is 39.2. The topological polar surface area (TPSA) is 132 Å². The van der Waals surface area contributed by atoms with E-state index < -0.39 is 35.9 Å². The van der Waals surface area contributed by atoms with Crippen molar-refractivity contribution in [3.63, 3.8) is 0 Å². The summed E-state index contributed by atoms with van der Waals surface area (Å²) in [6.45, 7) is 13.0. The second kappa shape index (κ2) is 41.2. The Bertz CT molecular complexity index is 1010. The predicted molar refractivity (Wildman–Crippen MR) is 248 cm³/mol. The summed E-state index contributed by atoms with van der Waals surface area (Å²) in [6.07, 6.45) is 33.3. The third-order valence-corrected chi connectivity index (χ3v) is 11.6. The molecule has 0 aromatic carbocycles. The number of unbranched alkanes of at least 4 members (excludes halogenated alkanes) is 26. The molecule has 0 aromatic rings. The molecule has 0 rings (SSSR count). The quantitative estimate of drug-likeness (QED) is 0.0315. The van der Waals surface area contributed by atoms with E-state index >= 15 is 0 Å². The van der Waals surface area contributed by atoms with Gasteiger partial charge in [-0.1, -0.05) is 188 Å². The van der Waals surface area contributed by atoms with Crippen LogP contribution in [-0.4, -0.2) is 73.0 Å². The molecule has 10 nitrogen and oxygen atoms in total. The summed E-state index contributed by atoms with van der Waals surface area (Å²) in [5, 5.41) is 8.57. The van der Waals surface area contributed by atoms with E-state index in [1.807, 2.05) is 0 Å². The van der Waals surface area contributed by atoms with Crippen LogP contribution in [0.25, 0.3) is 0 Å². The van der Waals surface area contributed by atoms with Gasteiger partial charge in [-0.3, -0.25) is 4.79 Å². The van der Waals surface area contributed by atoms with Gasteiger partial charge in [-0.15, -0.1) is 0 Å². The smallest absolute Gasteiger partial charge is 0.407 e. The maximum Gasteiger partial charge on any atom is 0.407 e. The average molecular weight is 856 g/mol. The molecule has 11 heteroatoms. The van der Waals surface area contributed by atoms with E-state index in [-0.39, 0.29) is 24.0 Å². The van der Waals surface area contributed by atoms with Crippen LogP contribution in [0.1, 0.15) is 234 Å². The summed E-state index contributed by atoms with van der Waals surface area (Å²) >= 11 is 1.35. The van der Waals surface area contributed by atoms with Gasteiger partial charge in [0.15, 0.2) is 0 Å². The molecule has 59 heavy (non-hydrogen) atoms. The van der Waals surface area contributed by atoms with Gasteiger partial charge in [0, 0.05) is 31.0 Å². The highest BCUT2D eigenvalue weighted by molar-refractivity contribution is 7.99. The first-order chi connectivity index (χ1) is 28.5. The lowest BCUT2D eigenvalue weighted by Crippen LogP contribution is -2.46. The van der Waals surface area contributed by atoms with Crippen LogP contribution in [0.3, 0.4) is 0 Å². The van der Waals surface area contributed by atoms with E-state index in [2.05, 4.69) is 36.7 Å². The Morgan fingerprint density at radius 3 is 1.32 bits per heavy atom. The highest BCUT2D eigenvalue weighted by Gasteiger charge is 2.28. The lowest BCUT2D eigenvalue weighted by atomic mass is 10.0. The number of ether oxygens (including phenoxy) is 3. The second-order valence-electron chi connectivity index (χ2n) is 17.6. The predicted octanol–water partition coefficient (Wildman–Crippen LogP) is 13.1. The molecule has 0 saturated heterocycles. The average Bonchev–Trinajstić information content (AvgIpc) is 3.19. The number of hydrogen-bond acceptors (Lipinski definition) is 8. The Kier molecular flexibility index (Phi) is 39.7. The molecule has 0 fully saturated rings. The van der Waals surface area contributed by atoms with Gasteiger partial charge in [0.05, 0.1) is 0 Å². The molecule has 0 radical (unpaired) electrons. The minimum absolute atomic E-state index is 0.121. The van der Waals surface area contributed by atoms with Gasteiger partial charge in [-0.2, -0.15) is 11.8 Å². The first-order valence-electron chi connectivity index (χ1n) is 24.5. The minimum Gasteiger partial charge on any atom is -0.458 e. The zero-order valence-corrected chi connectivity index (χ0v) is 40.0. The molecule has 0 saturated carbocycles. The molecule has 0 aliphatic rings. The minimum atomic E-state index is -0.860. The summed E-state index contributed by atoms with van der Waals surface area (Å²) in [4.78, 5) is 51.6. The van der Waals surface area contributed by atoms with Crippen LogP contribution >= 0.6 is 11.8 Å². The second-order valence-corrected chi connectivity index (χ2v) is 18.7. The summed E-state index contributed by atoms with van der Waals surface area (Å²) in [7, 11) is 0. The Labute approximate surface area is 367 Å². The number of nitrogens with one attached hydrogen (secondary N) is 3. The number of amides is 3. The van der Waals surface area contributed by atoms with Crippen LogP contribution < -0.4 is 16.0 Å². The van der Waals surface area contributed by atoms with Gasteiger partial charge in [-0.05, 0) is 40.0 Å². The van der Waals surface area contributed by atoms with E-state index in [9.17, 15) is 19.2 Å². The molecule has 0 heterocycles. The molecule has 2 unspecified atom stereocenters. The highest BCUT2D eigenvalue weighted by Crippen LogP contribution is 2.16. The number of rotatable bonds is 41. The zero-order chi connectivity index (χ0) is 43.7. The van der Waals surface area contributed by atoms with Crippen LogP contribution in [-0.2, 0) is 23.8 Å². The number of alkyl carbamates (subject to hydrolysis) is 2. The van der Waals surface area contributed by atoms with Crippen LogP contribution in [0.4, 0.5) is 9.59 Å². The third kappa shape index (κ3) is 41.0. The number of carbonyl (C=O) groups is 4. The highest BCUT2D eigenvalue weighted by atomic mass is 32.2. The lowest BCUT2D eigenvalue weighted by Gasteiger charge is -2.25. The van der Waals surface area contributed by atoms with E-state index in [0.29, 0.717) is 19.5 Å². The van der Waals surface area contributed by atoms with E-state index in [0.717, 1.165) is 57.8 Å². The van der Waals surface area contributed by atoms with Crippen LogP contribution in [0, 0.1) is 0 Å². The van der Waals surface area contributed by atoms with E-state index in [1.54, 1.807) is 20.8 Å². The summed E-state index contributed by atoms with van der Waals surface area (Å²) in [5.74, 6) is -0.177. The molecule has 3 N–H and O–H groups in total. The number of carbonyl (C=O) groups excluding carboxylic acids is 4. The number of esters is 1. The Morgan fingerprint density at radius 2 is 0.898 bits per heavy atom. The first kappa shape index (κ1) is 56.8.